The van der Waals surface area contributed by atoms with E-state index in [2.05, 4.69) is 36.2 Å². The minimum absolute atomic E-state index is 0.104. The number of nitrogens with one attached hydrogen (secondary N) is 1. The molecule has 1 aliphatic carbocycles. The molecule has 1 aromatic heterocycles. The third-order valence-electron chi connectivity index (χ3n) is 4.84. The molecule has 0 aromatic carbocycles. The van der Waals surface area contributed by atoms with Crippen molar-refractivity contribution in [2.75, 3.05) is 7.11 Å². The Hall–Kier alpha value is -0.910. The topological polar surface area (TPSA) is 65.1 Å². The van der Waals surface area contributed by atoms with Crippen LogP contribution in [0.5, 0.6) is 0 Å². The van der Waals surface area contributed by atoms with Gasteiger partial charge in [0, 0.05) is 19.7 Å². The molecular formula is C15H28N4O. The number of ether oxygens (including phenoxy) is 1. The summed E-state index contributed by atoms with van der Waals surface area (Å²) >= 11 is 0. The Labute approximate surface area is 121 Å². The van der Waals surface area contributed by atoms with Crippen molar-refractivity contribution in [2.24, 2.45) is 5.84 Å². The fourth-order valence-electron chi connectivity index (χ4n) is 3.18. The molecule has 0 aliphatic heterocycles. The molecule has 20 heavy (non-hydrogen) atoms. The molecule has 1 heterocycles. The second kappa shape index (κ2) is 6.70. The lowest BCUT2D eigenvalue weighted by molar-refractivity contribution is -0.0984. The molecule has 0 radical (unpaired) electrons. The summed E-state index contributed by atoms with van der Waals surface area (Å²) in [6.07, 6.45) is 8.49. The van der Waals surface area contributed by atoms with Gasteiger partial charge in [-0.25, -0.2) is 0 Å². The quantitative estimate of drug-likeness (QED) is 0.566. The van der Waals surface area contributed by atoms with Crippen LogP contribution in [0.25, 0.3) is 0 Å². The highest BCUT2D eigenvalue weighted by Crippen LogP contribution is 2.38. The molecule has 1 aromatic rings. The van der Waals surface area contributed by atoms with Gasteiger partial charge in [0.2, 0.25) is 0 Å². The highest BCUT2D eigenvalue weighted by Gasteiger charge is 2.44. The van der Waals surface area contributed by atoms with Crippen molar-refractivity contribution >= 4 is 0 Å². The van der Waals surface area contributed by atoms with E-state index >= 15 is 0 Å². The van der Waals surface area contributed by atoms with Crippen LogP contribution in [-0.2, 0) is 11.2 Å². The second-order valence-corrected chi connectivity index (χ2v) is 5.80. The van der Waals surface area contributed by atoms with Crippen LogP contribution in [0, 0.1) is 0 Å². The van der Waals surface area contributed by atoms with E-state index in [0.717, 1.165) is 37.8 Å². The van der Waals surface area contributed by atoms with Crippen LogP contribution in [0.3, 0.4) is 0 Å². The molecule has 1 fully saturated rings. The van der Waals surface area contributed by atoms with E-state index in [9.17, 15) is 0 Å². The average Bonchev–Trinajstić information content (AvgIpc) is 2.87. The van der Waals surface area contributed by atoms with Crippen LogP contribution < -0.4 is 11.3 Å². The molecule has 1 aliphatic rings. The SMILES string of the molecule is CCC(CC)n1ccc(CC(NN)C2(OC)CCC2)n1. The lowest BCUT2D eigenvalue weighted by atomic mass is 9.73. The first-order valence-electron chi connectivity index (χ1n) is 7.74. The van der Waals surface area contributed by atoms with Gasteiger partial charge in [-0.3, -0.25) is 16.0 Å². The van der Waals surface area contributed by atoms with Crippen LogP contribution in [0.1, 0.15) is 57.7 Å². The van der Waals surface area contributed by atoms with Crippen molar-refractivity contribution in [2.45, 2.75) is 70.1 Å². The van der Waals surface area contributed by atoms with Crippen molar-refractivity contribution < 1.29 is 4.74 Å². The van der Waals surface area contributed by atoms with Gasteiger partial charge in [0.05, 0.1) is 23.4 Å². The molecule has 0 bridgehead atoms. The molecule has 2 rings (SSSR count). The number of rotatable bonds is 8. The van der Waals surface area contributed by atoms with Gasteiger partial charge < -0.3 is 4.74 Å². The zero-order chi connectivity index (χ0) is 14.6. The number of nitrogens with two attached hydrogens (primary N) is 1. The predicted molar refractivity (Wildman–Crippen MR) is 80.3 cm³/mol. The normalized spacial score (nSPS) is 19.1. The maximum Gasteiger partial charge on any atom is 0.0848 e. The largest absolute Gasteiger partial charge is 0.377 e. The Bertz CT molecular complexity index is 404. The first-order chi connectivity index (χ1) is 9.69. The van der Waals surface area contributed by atoms with Gasteiger partial charge in [-0.1, -0.05) is 13.8 Å². The molecule has 1 unspecified atom stereocenters. The lowest BCUT2D eigenvalue weighted by Gasteiger charge is -2.46. The minimum atomic E-state index is -0.104. The van der Waals surface area contributed by atoms with E-state index < -0.39 is 0 Å². The second-order valence-electron chi connectivity index (χ2n) is 5.80. The fraction of sp³-hybridized carbons (Fsp3) is 0.800. The zero-order valence-electron chi connectivity index (χ0n) is 12.9. The number of aromatic nitrogens is 2. The summed E-state index contributed by atoms with van der Waals surface area (Å²) in [5, 5.41) is 4.71. The maximum absolute atomic E-state index is 5.75. The van der Waals surface area contributed by atoms with Crippen molar-refractivity contribution in [3.8, 4) is 0 Å². The third-order valence-corrected chi connectivity index (χ3v) is 4.84. The van der Waals surface area contributed by atoms with Crippen LogP contribution in [0.15, 0.2) is 12.3 Å². The van der Waals surface area contributed by atoms with Gasteiger partial charge in [-0.2, -0.15) is 5.10 Å². The van der Waals surface area contributed by atoms with E-state index in [-0.39, 0.29) is 11.6 Å². The molecule has 114 valence electrons. The fourth-order valence-corrected chi connectivity index (χ4v) is 3.18. The summed E-state index contributed by atoms with van der Waals surface area (Å²) < 4.78 is 7.81. The molecule has 3 N–H and O–H groups in total. The van der Waals surface area contributed by atoms with Gasteiger partial charge >= 0.3 is 0 Å². The summed E-state index contributed by atoms with van der Waals surface area (Å²) in [5.74, 6) is 5.75. The zero-order valence-corrected chi connectivity index (χ0v) is 12.9. The summed E-state index contributed by atoms with van der Waals surface area (Å²) in [4.78, 5) is 0. The van der Waals surface area contributed by atoms with Gasteiger partial charge in [-0.05, 0) is 38.2 Å². The van der Waals surface area contributed by atoms with E-state index in [1.54, 1.807) is 7.11 Å². The molecule has 0 amide bonds. The molecule has 0 saturated heterocycles. The van der Waals surface area contributed by atoms with Gasteiger partial charge in [0.25, 0.3) is 0 Å². The first kappa shape index (κ1) is 15.5. The van der Waals surface area contributed by atoms with E-state index in [1.165, 1.54) is 6.42 Å². The van der Waals surface area contributed by atoms with E-state index in [0.29, 0.717) is 6.04 Å². The molecule has 1 atom stereocenters. The Kier molecular flexibility index (Phi) is 5.18. The summed E-state index contributed by atoms with van der Waals surface area (Å²) in [6, 6.07) is 2.73. The molecular weight excluding hydrogens is 252 g/mol. The molecule has 0 spiro atoms. The summed E-state index contributed by atoms with van der Waals surface area (Å²) in [5.41, 5.74) is 3.92. The number of hydrazine groups is 1. The predicted octanol–water partition coefficient (Wildman–Crippen LogP) is 2.19. The minimum Gasteiger partial charge on any atom is -0.377 e. The third kappa shape index (κ3) is 2.90. The molecule has 5 nitrogen and oxygen atoms in total. The van der Waals surface area contributed by atoms with Crippen molar-refractivity contribution in [1.29, 1.82) is 0 Å². The number of hydrogen-bond acceptors (Lipinski definition) is 4. The Morgan fingerprint density at radius 2 is 2.15 bits per heavy atom. The van der Waals surface area contributed by atoms with Crippen molar-refractivity contribution in [3.63, 3.8) is 0 Å². The van der Waals surface area contributed by atoms with Gasteiger partial charge in [0.1, 0.15) is 0 Å². The number of methoxy groups -OCH3 is 1. The standard InChI is InChI=1S/C15H28N4O/c1-4-13(5-2)19-10-7-12(18-19)11-14(17-16)15(20-3)8-6-9-15/h7,10,13-14,17H,4-6,8-9,11,16H2,1-3H3. The van der Waals surface area contributed by atoms with Crippen molar-refractivity contribution in [3.05, 3.63) is 18.0 Å². The Balaban J connectivity index is 2.05. The Morgan fingerprint density at radius 3 is 2.60 bits per heavy atom. The Morgan fingerprint density at radius 1 is 1.45 bits per heavy atom. The van der Waals surface area contributed by atoms with Crippen LogP contribution >= 0.6 is 0 Å². The molecule has 5 heteroatoms. The first-order valence-corrected chi connectivity index (χ1v) is 7.74. The monoisotopic (exact) mass is 280 g/mol. The van der Waals surface area contributed by atoms with Crippen LogP contribution in [0.2, 0.25) is 0 Å². The maximum atomic E-state index is 5.75. The van der Waals surface area contributed by atoms with Crippen molar-refractivity contribution in [1.82, 2.24) is 15.2 Å². The molecule has 1 saturated carbocycles. The van der Waals surface area contributed by atoms with Gasteiger partial charge in [-0.15, -0.1) is 0 Å². The van der Waals surface area contributed by atoms with E-state index in [4.69, 9.17) is 15.7 Å². The van der Waals surface area contributed by atoms with Crippen LogP contribution in [0.4, 0.5) is 0 Å². The highest BCUT2D eigenvalue weighted by molar-refractivity contribution is 5.08. The summed E-state index contributed by atoms with van der Waals surface area (Å²) in [7, 11) is 1.78. The highest BCUT2D eigenvalue weighted by atomic mass is 16.5. The lowest BCUT2D eigenvalue weighted by Crippen LogP contribution is -2.59. The van der Waals surface area contributed by atoms with Gasteiger partial charge in [0.15, 0.2) is 0 Å². The average molecular weight is 280 g/mol. The van der Waals surface area contributed by atoms with Crippen LogP contribution in [-0.4, -0.2) is 28.5 Å². The van der Waals surface area contributed by atoms with E-state index in [1.807, 2.05) is 0 Å². The number of hydrogen-bond donors (Lipinski definition) is 2. The smallest absolute Gasteiger partial charge is 0.0848 e. The summed E-state index contributed by atoms with van der Waals surface area (Å²) in [6.45, 7) is 4.40. The number of nitrogens with zero attached hydrogens (tertiary/aromatic N) is 2.